The number of rotatable bonds is 7. The zero-order valence-corrected chi connectivity index (χ0v) is 31.5. The first-order chi connectivity index (χ1) is 38.5. The molecule has 12 aromatic rings. The van der Waals surface area contributed by atoms with Crippen LogP contribution in [0, 0.1) is 0 Å². The Hall–Kier alpha value is -7.48. The third-order valence-corrected chi connectivity index (χ3v) is 11.2. The molecule has 1 heteroatoms. The van der Waals surface area contributed by atoms with E-state index in [9.17, 15) is 11.0 Å². The van der Waals surface area contributed by atoms with Crippen molar-refractivity contribution in [3.05, 3.63) is 228 Å². The van der Waals surface area contributed by atoms with E-state index in [0.29, 0.717) is 27.5 Å². The van der Waals surface area contributed by atoms with Gasteiger partial charge in [0.1, 0.15) is 11.2 Å². The number of benzene rings is 11. The average Bonchev–Trinajstić information content (AvgIpc) is 4.03. The molecule has 12 rings (SSSR count). The van der Waals surface area contributed by atoms with Gasteiger partial charge in [-0.1, -0.05) is 176 Å². The van der Waals surface area contributed by atoms with Crippen LogP contribution in [0.4, 0.5) is 0 Å². The Morgan fingerprint density at radius 2 is 1.03 bits per heavy atom. The molecule has 0 saturated heterocycles. The van der Waals surface area contributed by atoms with Crippen LogP contribution in [0.3, 0.4) is 0 Å². The lowest BCUT2D eigenvalue weighted by Crippen LogP contribution is -1.99. The molecule has 0 aliphatic rings. The van der Waals surface area contributed by atoms with E-state index in [4.69, 9.17) is 22.2 Å². The summed E-state index contributed by atoms with van der Waals surface area (Å²) in [5, 5.41) is 2.04. The first-order valence-corrected chi connectivity index (χ1v) is 19.4. The lowest BCUT2D eigenvalue weighted by Gasteiger charge is -2.18. The Kier molecular flexibility index (Phi) is 4.59. The van der Waals surface area contributed by atoms with Crippen molar-refractivity contribution in [2.24, 2.45) is 0 Å². The quantitative estimate of drug-likeness (QED) is 0.147. The minimum absolute atomic E-state index is 0.0248. The third-order valence-electron chi connectivity index (χ3n) is 11.2. The van der Waals surface area contributed by atoms with Crippen molar-refractivity contribution in [3.8, 4) is 22.3 Å². The Balaban J connectivity index is 1.04. The molecule has 1 nitrogen and oxygen atoms in total. The smallest absolute Gasteiger partial charge is 0.135 e. The maximum atomic E-state index is 9.69. The molecular formula is C59H40O. The normalized spacial score (nSPS) is 16.8. The van der Waals surface area contributed by atoms with E-state index in [0.717, 1.165) is 10.8 Å². The molecule has 0 aliphatic heterocycles. The van der Waals surface area contributed by atoms with Crippen LogP contribution in [-0.4, -0.2) is 0 Å². The Labute approximate surface area is 378 Å². The first kappa shape index (κ1) is 19.5. The van der Waals surface area contributed by atoms with Gasteiger partial charge >= 0.3 is 0 Å². The van der Waals surface area contributed by atoms with E-state index in [2.05, 4.69) is 0 Å². The fraction of sp³-hybridized carbons (Fsp3) is 0.0508. The van der Waals surface area contributed by atoms with Gasteiger partial charge in [0, 0.05) is 10.8 Å². The molecule has 0 amide bonds. The summed E-state index contributed by atoms with van der Waals surface area (Å²) in [6.45, 7) is 0. The molecule has 0 saturated carbocycles. The molecule has 282 valence electrons. The second-order valence-corrected chi connectivity index (χ2v) is 14.7. The summed E-state index contributed by atoms with van der Waals surface area (Å²) in [6.07, 6.45) is -0.780. The predicted octanol–water partition coefficient (Wildman–Crippen LogP) is 16.1. The van der Waals surface area contributed by atoms with Gasteiger partial charge in [-0.05, 0) is 148 Å². The van der Waals surface area contributed by atoms with Gasteiger partial charge in [-0.25, -0.2) is 0 Å². The van der Waals surface area contributed by atoms with Gasteiger partial charge in [-0.3, -0.25) is 0 Å². The van der Waals surface area contributed by atoms with Gasteiger partial charge in [0.2, 0.25) is 0 Å². The number of fused-ring (bicyclic) bond motifs is 8. The van der Waals surface area contributed by atoms with Crippen molar-refractivity contribution < 1.29 is 33.2 Å². The molecule has 0 aliphatic carbocycles. The lowest BCUT2D eigenvalue weighted by atomic mass is 9.86. The summed E-state index contributed by atoms with van der Waals surface area (Å²) in [5.41, 5.74) is 1.26. The van der Waals surface area contributed by atoms with Gasteiger partial charge < -0.3 is 4.42 Å². The molecular weight excluding hydrogens is 725 g/mol. The molecule has 1 heterocycles. The van der Waals surface area contributed by atoms with E-state index in [-0.39, 0.29) is 132 Å². The molecule has 11 aromatic carbocycles. The lowest BCUT2D eigenvalue weighted by molar-refractivity contribution is 0.669. The average molecular weight is 786 g/mol. The number of hydrogen-bond acceptors (Lipinski definition) is 1. The Bertz CT molecular complexity index is 4790. The van der Waals surface area contributed by atoms with Crippen LogP contribution in [0.15, 0.2) is 210 Å². The van der Waals surface area contributed by atoms with Crippen LogP contribution in [0.25, 0.3) is 98.1 Å². The van der Waals surface area contributed by atoms with Crippen LogP contribution in [0.5, 0.6) is 0 Å². The van der Waals surface area contributed by atoms with Crippen LogP contribution in [0.1, 0.15) is 51.0 Å². The van der Waals surface area contributed by atoms with Crippen molar-refractivity contribution in [3.63, 3.8) is 0 Å². The number of furan rings is 1. The summed E-state index contributed by atoms with van der Waals surface area (Å²) >= 11 is 0. The molecule has 0 N–H and O–H groups in total. The third kappa shape index (κ3) is 5.93. The number of aryl methyl sites for hydroxylation is 1. The minimum atomic E-state index is -0.645. The van der Waals surface area contributed by atoms with Crippen LogP contribution >= 0.6 is 0 Å². The van der Waals surface area contributed by atoms with Crippen LogP contribution in [0.2, 0.25) is 0 Å². The molecule has 0 spiro atoms. The van der Waals surface area contributed by atoms with Crippen molar-refractivity contribution in [2.75, 3.05) is 0 Å². The van der Waals surface area contributed by atoms with E-state index in [1.807, 2.05) is 30.3 Å². The summed E-state index contributed by atoms with van der Waals surface area (Å²) in [7, 11) is 0. The molecule has 60 heavy (non-hydrogen) atoms. The molecule has 0 atom stereocenters. The van der Waals surface area contributed by atoms with E-state index in [1.165, 1.54) is 0 Å². The van der Waals surface area contributed by atoms with Crippen molar-refractivity contribution in [1.29, 1.82) is 0 Å². The topological polar surface area (TPSA) is 13.1 Å². The molecule has 1 aromatic heterocycles. The highest BCUT2D eigenvalue weighted by Gasteiger charge is 2.16. The summed E-state index contributed by atoms with van der Waals surface area (Å²) in [6, 6.07) is 13.0. The van der Waals surface area contributed by atoms with Crippen molar-refractivity contribution in [2.45, 2.75) is 19.3 Å². The second kappa shape index (κ2) is 14.1. The minimum Gasteiger partial charge on any atom is -0.456 e. The van der Waals surface area contributed by atoms with Gasteiger partial charge in [-0.2, -0.15) is 0 Å². The van der Waals surface area contributed by atoms with Gasteiger partial charge in [-0.15, -0.1) is 0 Å². The zero-order chi connectivity index (χ0) is 57.8. The van der Waals surface area contributed by atoms with Crippen molar-refractivity contribution in [1.82, 2.24) is 0 Å². The number of hydrogen-bond donors (Lipinski definition) is 0. The monoisotopic (exact) mass is 785 g/mol. The van der Waals surface area contributed by atoms with Crippen LogP contribution < -0.4 is 0 Å². The largest absolute Gasteiger partial charge is 0.456 e. The highest BCUT2D eigenvalue weighted by molar-refractivity contribution is 6.09. The van der Waals surface area contributed by atoms with Crippen molar-refractivity contribution >= 4 is 75.8 Å². The molecule has 0 radical (unpaired) electrons. The standard InChI is InChI=1S/C59H40O/c1-2-12-43-32-38(20-23-40(43)10-1)22-29-54-50-15-5-7-17-52(50)55(53-18-8-6-16-51(53)54)34-39-21-24-41-25-26-44(35-47(41)33-39)45-27-30-58-56(36-45)57-37-46(28-31-59(57)60-58)49-19-9-13-42-11-3-4-14-48(42)49/h1-21,23-28,30-33,35-37H,22,29,34H2/i1D,2D,5D,6D,7D,8D,10D,12D,15D,16D,17D,18D,20D,23D,27D,28D,30D,31D,32D,36D,37D. The van der Waals surface area contributed by atoms with Gasteiger partial charge in [0.15, 0.2) is 0 Å². The summed E-state index contributed by atoms with van der Waals surface area (Å²) < 4.78 is 195. The fourth-order valence-electron chi connectivity index (χ4n) is 8.29. The molecule has 0 bridgehead atoms. The SMILES string of the molecule is [2H]c1c(-c2ccc3ccc(Cc4c5c([2H])c([2H])c([2H])c([2H])c5c(CCc5c([2H])c([2H])c6c([2H])c([2H])c([2H])c([2H])c6c5[2H])c5c([2H])c([2H])c([2H])c([2H])c45)cc3c2)c([2H])c2c(oc3c([2H])c([2H])c(-c4cccc5ccccc45)c([2H])c32)c1[2H]. The maximum absolute atomic E-state index is 9.69. The van der Waals surface area contributed by atoms with E-state index in [1.54, 1.807) is 48.5 Å². The highest BCUT2D eigenvalue weighted by atomic mass is 16.3. The fourth-order valence-corrected chi connectivity index (χ4v) is 8.29. The molecule has 0 unspecified atom stereocenters. The molecule has 0 fully saturated rings. The van der Waals surface area contributed by atoms with E-state index >= 15 is 0 Å². The zero-order valence-electron chi connectivity index (χ0n) is 52.5. The van der Waals surface area contributed by atoms with E-state index < -0.39 is 96.7 Å². The second-order valence-electron chi connectivity index (χ2n) is 14.7. The Morgan fingerprint density at radius 1 is 0.367 bits per heavy atom. The Morgan fingerprint density at radius 3 is 1.83 bits per heavy atom. The summed E-state index contributed by atoms with van der Waals surface area (Å²) in [4.78, 5) is 0. The van der Waals surface area contributed by atoms with Crippen LogP contribution in [-0.2, 0) is 19.3 Å². The summed E-state index contributed by atoms with van der Waals surface area (Å²) in [5.74, 6) is 0. The van der Waals surface area contributed by atoms with Gasteiger partial charge in [0.25, 0.3) is 0 Å². The van der Waals surface area contributed by atoms with Gasteiger partial charge in [0.05, 0.1) is 28.8 Å². The maximum Gasteiger partial charge on any atom is 0.135 e. The first-order valence-electron chi connectivity index (χ1n) is 29.9. The highest BCUT2D eigenvalue weighted by Crippen LogP contribution is 2.39. The predicted molar refractivity (Wildman–Crippen MR) is 255 cm³/mol.